The predicted molar refractivity (Wildman–Crippen MR) is 81.9 cm³/mol. The normalized spacial score (nSPS) is 13.3. The van der Waals surface area contributed by atoms with Gasteiger partial charge in [0.25, 0.3) is 0 Å². The highest BCUT2D eigenvalue weighted by Gasteiger charge is 2.15. The number of anilines is 1. The fourth-order valence-corrected chi connectivity index (χ4v) is 3.05. The standard InChI is InChI=1S/C16H17NO2S/c1-10-3-4-12(7-11(10)2)20-16-9-15-14(8-13(16)17)18-5-6-19-15/h3-4,7-9H,5-6,17H2,1-2H3. The Hall–Kier alpha value is -1.81. The van der Waals surface area contributed by atoms with E-state index in [0.29, 0.717) is 13.2 Å². The molecule has 2 aromatic carbocycles. The van der Waals surface area contributed by atoms with Crippen molar-refractivity contribution in [2.45, 2.75) is 23.6 Å². The van der Waals surface area contributed by atoms with E-state index in [1.54, 1.807) is 11.8 Å². The van der Waals surface area contributed by atoms with Crippen LogP contribution in [0.4, 0.5) is 5.69 Å². The van der Waals surface area contributed by atoms with Gasteiger partial charge in [-0.1, -0.05) is 17.8 Å². The van der Waals surface area contributed by atoms with Gasteiger partial charge in [-0.2, -0.15) is 0 Å². The number of benzene rings is 2. The summed E-state index contributed by atoms with van der Waals surface area (Å²) in [6, 6.07) is 10.2. The zero-order valence-electron chi connectivity index (χ0n) is 11.6. The molecular weight excluding hydrogens is 270 g/mol. The summed E-state index contributed by atoms with van der Waals surface area (Å²) in [7, 11) is 0. The van der Waals surface area contributed by atoms with Crippen LogP contribution in [0.1, 0.15) is 11.1 Å². The molecule has 0 spiro atoms. The molecule has 0 atom stereocenters. The number of nitrogen functional groups attached to an aromatic ring is 1. The quantitative estimate of drug-likeness (QED) is 0.853. The number of hydrogen-bond donors (Lipinski definition) is 1. The number of nitrogens with two attached hydrogens (primary N) is 1. The van der Waals surface area contributed by atoms with E-state index in [0.717, 1.165) is 22.1 Å². The number of fused-ring (bicyclic) bond motifs is 1. The van der Waals surface area contributed by atoms with Crippen molar-refractivity contribution in [3.05, 3.63) is 41.5 Å². The monoisotopic (exact) mass is 287 g/mol. The molecule has 0 unspecified atom stereocenters. The number of ether oxygens (including phenoxy) is 2. The van der Waals surface area contributed by atoms with Gasteiger partial charge in [-0.05, 0) is 37.1 Å². The van der Waals surface area contributed by atoms with E-state index in [1.165, 1.54) is 16.0 Å². The summed E-state index contributed by atoms with van der Waals surface area (Å²) >= 11 is 1.65. The molecule has 4 heteroatoms. The Kier molecular flexibility index (Phi) is 3.49. The van der Waals surface area contributed by atoms with Crippen LogP contribution < -0.4 is 15.2 Å². The van der Waals surface area contributed by atoms with E-state index in [9.17, 15) is 0 Å². The van der Waals surface area contributed by atoms with Gasteiger partial charge in [0.05, 0.1) is 0 Å². The Balaban J connectivity index is 1.92. The Morgan fingerprint density at radius 2 is 1.65 bits per heavy atom. The molecule has 2 N–H and O–H groups in total. The van der Waals surface area contributed by atoms with Gasteiger partial charge in [0.1, 0.15) is 13.2 Å². The Labute approximate surface area is 123 Å². The molecule has 0 saturated carbocycles. The second-order valence-electron chi connectivity index (χ2n) is 4.88. The van der Waals surface area contributed by atoms with Gasteiger partial charge in [0, 0.05) is 27.6 Å². The minimum absolute atomic E-state index is 0.579. The van der Waals surface area contributed by atoms with Crippen LogP contribution in [-0.2, 0) is 0 Å². The van der Waals surface area contributed by atoms with E-state index in [-0.39, 0.29) is 0 Å². The first kappa shape index (κ1) is 13.2. The van der Waals surface area contributed by atoms with E-state index in [2.05, 4.69) is 32.0 Å². The molecule has 0 bridgehead atoms. The molecule has 2 aromatic rings. The first-order valence-corrected chi connectivity index (χ1v) is 7.39. The summed E-state index contributed by atoms with van der Waals surface area (Å²) in [5.74, 6) is 1.51. The molecule has 0 radical (unpaired) electrons. The van der Waals surface area contributed by atoms with E-state index < -0.39 is 0 Å². The van der Waals surface area contributed by atoms with Crippen molar-refractivity contribution in [2.24, 2.45) is 0 Å². The average molecular weight is 287 g/mol. The highest BCUT2D eigenvalue weighted by atomic mass is 32.2. The summed E-state index contributed by atoms with van der Waals surface area (Å²) in [6.07, 6.45) is 0. The van der Waals surface area contributed by atoms with Gasteiger partial charge in [-0.25, -0.2) is 0 Å². The van der Waals surface area contributed by atoms with Gasteiger partial charge >= 0.3 is 0 Å². The molecule has 3 rings (SSSR count). The van der Waals surface area contributed by atoms with Crippen molar-refractivity contribution in [3.63, 3.8) is 0 Å². The first-order valence-electron chi connectivity index (χ1n) is 6.58. The van der Waals surface area contributed by atoms with E-state index >= 15 is 0 Å². The molecule has 0 amide bonds. The summed E-state index contributed by atoms with van der Waals surface area (Å²) in [6.45, 7) is 5.40. The van der Waals surface area contributed by atoms with Crippen LogP contribution in [0.3, 0.4) is 0 Å². The molecule has 3 nitrogen and oxygen atoms in total. The highest BCUT2D eigenvalue weighted by molar-refractivity contribution is 7.99. The largest absolute Gasteiger partial charge is 0.486 e. The van der Waals surface area contributed by atoms with E-state index in [4.69, 9.17) is 15.2 Å². The van der Waals surface area contributed by atoms with Crippen molar-refractivity contribution < 1.29 is 9.47 Å². The van der Waals surface area contributed by atoms with E-state index in [1.807, 2.05) is 12.1 Å². The third kappa shape index (κ3) is 2.56. The van der Waals surface area contributed by atoms with Crippen LogP contribution in [0.5, 0.6) is 11.5 Å². The lowest BCUT2D eigenvalue weighted by atomic mass is 10.1. The van der Waals surface area contributed by atoms with Crippen molar-refractivity contribution in [1.82, 2.24) is 0 Å². The SMILES string of the molecule is Cc1ccc(Sc2cc3c(cc2N)OCCO3)cc1C. The summed E-state index contributed by atoms with van der Waals surface area (Å²) in [5, 5.41) is 0. The third-order valence-corrected chi connectivity index (χ3v) is 4.44. The van der Waals surface area contributed by atoms with Gasteiger partial charge in [-0.15, -0.1) is 0 Å². The molecule has 1 aliphatic heterocycles. The maximum Gasteiger partial charge on any atom is 0.163 e. The third-order valence-electron chi connectivity index (χ3n) is 3.38. The summed E-state index contributed by atoms with van der Waals surface area (Å²) in [5.41, 5.74) is 9.40. The van der Waals surface area contributed by atoms with Crippen molar-refractivity contribution >= 4 is 17.4 Å². The molecule has 0 saturated heterocycles. The van der Waals surface area contributed by atoms with Crippen molar-refractivity contribution in [1.29, 1.82) is 0 Å². The number of aryl methyl sites for hydroxylation is 2. The lowest BCUT2D eigenvalue weighted by molar-refractivity contribution is 0.171. The Bertz CT molecular complexity index is 655. The molecule has 0 aromatic heterocycles. The van der Waals surface area contributed by atoms with Crippen LogP contribution in [0, 0.1) is 13.8 Å². The molecule has 1 aliphatic rings. The van der Waals surface area contributed by atoms with Gasteiger partial charge in [0.15, 0.2) is 11.5 Å². The fourth-order valence-electron chi connectivity index (χ4n) is 2.08. The van der Waals surface area contributed by atoms with Gasteiger partial charge in [-0.3, -0.25) is 0 Å². The van der Waals surface area contributed by atoms with Crippen LogP contribution in [-0.4, -0.2) is 13.2 Å². The second kappa shape index (κ2) is 5.29. The molecule has 0 fully saturated rings. The highest BCUT2D eigenvalue weighted by Crippen LogP contribution is 2.41. The molecule has 1 heterocycles. The Morgan fingerprint density at radius 1 is 0.950 bits per heavy atom. The molecule has 104 valence electrons. The van der Waals surface area contributed by atoms with Crippen LogP contribution >= 0.6 is 11.8 Å². The summed E-state index contributed by atoms with van der Waals surface area (Å²) < 4.78 is 11.1. The van der Waals surface area contributed by atoms with Crippen LogP contribution in [0.15, 0.2) is 40.1 Å². The van der Waals surface area contributed by atoms with Crippen LogP contribution in [0.2, 0.25) is 0 Å². The lowest BCUT2D eigenvalue weighted by Crippen LogP contribution is -2.15. The van der Waals surface area contributed by atoms with Gasteiger partial charge in [0.2, 0.25) is 0 Å². The number of rotatable bonds is 2. The average Bonchev–Trinajstić information content (AvgIpc) is 2.44. The predicted octanol–water partition coefficient (Wildman–Crippen LogP) is 3.81. The maximum atomic E-state index is 6.10. The molecule has 0 aliphatic carbocycles. The zero-order chi connectivity index (χ0) is 14.1. The Morgan fingerprint density at radius 3 is 2.35 bits per heavy atom. The minimum atomic E-state index is 0.579. The first-order chi connectivity index (χ1) is 9.63. The minimum Gasteiger partial charge on any atom is -0.486 e. The summed E-state index contributed by atoms with van der Waals surface area (Å²) in [4.78, 5) is 2.17. The molecular formula is C16H17NO2S. The second-order valence-corrected chi connectivity index (χ2v) is 6.00. The topological polar surface area (TPSA) is 44.5 Å². The molecule has 20 heavy (non-hydrogen) atoms. The number of hydrogen-bond acceptors (Lipinski definition) is 4. The zero-order valence-corrected chi connectivity index (χ0v) is 12.4. The fraction of sp³-hybridized carbons (Fsp3) is 0.250. The van der Waals surface area contributed by atoms with Crippen molar-refractivity contribution in [2.75, 3.05) is 18.9 Å². The van der Waals surface area contributed by atoms with Crippen molar-refractivity contribution in [3.8, 4) is 11.5 Å². The lowest BCUT2D eigenvalue weighted by Gasteiger charge is -2.20. The van der Waals surface area contributed by atoms with Gasteiger partial charge < -0.3 is 15.2 Å². The smallest absolute Gasteiger partial charge is 0.163 e. The maximum absolute atomic E-state index is 6.10. The van der Waals surface area contributed by atoms with Crippen LogP contribution in [0.25, 0.3) is 0 Å².